The molecule has 2 aromatic heterocycles. The number of nitrogens with one attached hydrogen (secondary N) is 1. The van der Waals surface area contributed by atoms with E-state index in [9.17, 15) is 0 Å². The molecule has 0 unspecified atom stereocenters. The van der Waals surface area contributed by atoms with E-state index in [1.54, 1.807) is 4.52 Å². The first-order chi connectivity index (χ1) is 11.1. The highest BCUT2D eigenvalue weighted by Crippen LogP contribution is 2.24. The summed E-state index contributed by atoms with van der Waals surface area (Å²) in [5.41, 5.74) is 1.88. The van der Waals surface area contributed by atoms with Crippen molar-refractivity contribution >= 4 is 11.6 Å². The first-order valence-electron chi connectivity index (χ1n) is 7.70. The third-order valence-electron chi connectivity index (χ3n) is 3.86. The third-order valence-corrected chi connectivity index (χ3v) is 3.86. The maximum Gasteiger partial charge on any atom is 0.254 e. The normalized spacial score (nSPS) is 11.8. The molecule has 2 N–H and O–H groups in total. The van der Waals surface area contributed by atoms with Crippen molar-refractivity contribution in [1.29, 1.82) is 0 Å². The maximum absolute atomic E-state index is 9.17. The Morgan fingerprint density at radius 2 is 2.00 bits per heavy atom. The Hall–Kier alpha value is -2.47. The van der Waals surface area contributed by atoms with E-state index >= 15 is 0 Å². The van der Waals surface area contributed by atoms with Gasteiger partial charge in [-0.25, -0.2) is 4.98 Å². The van der Waals surface area contributed by atoms with Crippen LogP contribution in [0.15, 0.2) is 42.7 Å². The van der Waals surface area contributed by atoms with E-state index in [0.29, 0.717) is 5.78 Å². The molecule has 0 fully saturated rings. The number of hydrogen-bond acceptors (Lipinski definition) is 5. The molecular formula is C17H21N5O. The Balaban J connectivity index is 1.94. The SMILES string of the molecule is CC(C)(CCO)CNc1cc(-c2ccccc2)nc2ncnn12. The minimum absolute atomic E-state index is 0.0160. The Kier molecular flexibility index (Phi) is 4.25. The van der Waals surface area contributed by atoms with Gasteiger partial charge in [0.2, 0.25) is 0 Å². The zero-order chi connectivity index (χ0) is 16.3. The molecule has 0 atom stereocenters. The molecule has 120 valence electrons. The summed E-state index contributed by atoms with van der Waals surface area (Å²) in [6.07, 6.45) is 2.23. The van der Waals surface area contributed by atoms with Crippen molar-refractivity contribution in [3.05, 3.63) is 42.7 Å². The Labute approximate surface area is 135 Å². The van der Waals surface area contributed by atoms with E-state index in [2.05, 4.69) is 34.2 Å². The van der Waals surface area contributed by atoms with Gasteiger partial charge in [0.15, 0.2) is 0 Å². The monoisotopic (exact) mass is 311 g/mol. The lowest BCUT2D eigenvalue weighted by atomic mass is 9.90. The Morgan fingerprint density at radius 3 is 2.74 bits per heavy atom. The number of aliphatic hydroxyl groups excluding tert-OH is 1. The van der Waals surface area contributed by atoms with E-state index in [4.69, 9.17) is 5.11 Å². The van der Waals surface area contributed by atoms with Gasteiger partial charge in [0.1, 0.15) is 12.1 Å². The van der Waals surface area contributed by atoms with Crippen molar-refractivity contribution in [2.75, 3.05) is 18.5 Å². The number of benzene rings is 1. The molecule has 6 heteroatoms. The van der Waals surface area contributed by atoms with Crippen molar-refractivity contribution in [1.82, 2.24) is 19.6 Å². The summed E-state index contributed by atoms with van der Waals surface area (Å²) in [7, 11) is 0. The standard InChI is InChI=1S/C17H21N5O/c1-17(2,8-9-23)11-18-15-10-14(13-6-4-3-5-7-13)21-16-19-12-20-22(15)16/h3-7,10,12,18,23H,8-9,11H2,1-2H3. The second-order valence-electron chi connectivity index (χ2n) is 6.36. The van der Waals surface area contributed by atoms with Crippen LogP contribution in [-0.2, 0) is 0 Å². The van der Waals surface area contributed by atoms with Gasteiger partial charge in [-0.3, -0.25) is 0 Å². The number of rotatable bonds is 6. The smallest absolute Gasteiger partial charge is 0.254 e. The van der Waals surface area contributed by atoms with E-state index in [0.717, 1.165) is 30.0 Å². The maximum atomic E-state index is 9.17. The minimum Gasteiger partial charge on any atom is -0.396 e. The van der Waals surface area contributed by atoms with Crippen LogP contribution in [0.1, 0.15) is 20.3 Å². The van der Waals surface area contributed by atoms with Gasteiger partial charge in [-0.15, -0.1) is 0 Å². The number of aromatic nitrogens is 4. The van der Waals surface area contributed by atoms with Gasteiger partial charge in [-0.05, 0) is 11.8 Å². The molecule has 2 heterocycles. The molecule has 0 aliphatic heterocycles. The summed E-state index contributed by atoms with van der Waals surface area (Å²) in [4.78, 5) is 8.76. The number of fused-ring (bicyclic) bond motifs is 1. The second kappa shape index (κ2) is 6.34. The van der Waals surface area contributed by atoms with E-state index in [-0.39, 0.29) is 12.0 Å². The van der Waals surface area contributed by atoms with Gasteiger partial charge in [-0.1, -0.05) is 44.2 Å². The largest absolute Gasteiger partial charge is 0.396 e. The summed E-state index contributed by atoms with van der Waals surface area (Å²) in [5, 5.41) is 16.8. The van der Waals surface area contributed by atoms with E-state index in [1.165, 1.54) is 6.33 Å². The molecule has 0 bridgehead atoms. The second-order valence-corrected chi connectivity index (χ2v) is 6.36. The van der Waals surface area contributed by atoms with Crippen molar-refractivity contribution in [3.63, 3.8) is 0 Å². The summed E-state index contributed by atoms with van der Waals surface area (Å²) in [6, 6.07) is 12.0. The van der Waals surface area contributed by atoms with Crippen molar-refractivity contribution in [2.45, 2.75) is 20.3 Å². The van der Waals surface area contributed by atoms with Gasteiger partial charge in [-0.2, -0.15) is 14.6 Å². The Morgan fingerprint density at radius 1 is 1.22 bits per heavy atom. The van der Waals surface area contributed by atoms with Crippen LogP contribution in [0.4, 0.5) is 5.82 Å². The predicted molar refractivity (Wildman–Crippen MR) is 90.2 cm³/mol. The third kappa shape index (κ3) is 3.48. The van der Waals surface area contributed by atoms with Crippen LogP contribution in [0.2, 0.25) is 0 Å². The molecule has 23 heavy (non-hydrogen) atoms. The highest BCUT2D eigenvalue weighted by molar-refractivity contribution is 5.65. The molecule has 0 radical (unpaired) electrons. The number of nitrogens with zero attached hydrogens (tertiary/aromatic N) is 4. The molecule has 0 aliphatic carbocycles. The number of hydrogen-bond donors (Lipinski definition) is 2. The first kappa shape index (κ1) is 15.4. The summed E-state index contributed by atoms with van der Waals surface area (Å²) < 4.78 is 1.70. The van der Waals surface area contributed by atoms with E-state index in [1.807, 2.05) is 36.4 Å². The molecular weight excluding hydrogens is 290 g/mol. The van der Waals surface area contributed by atoms with Crippen LogP contribution < -0.4 is 5.32 Å². The van der Waals surface area contributed by atoms with Crippen LogP contribution in [0, 0.1) is 5.41 Å². The molecule has 0 spiro atoms. The zero-order valence-electron chi connectivity index (χ0n) is 13.4. The lowest BCUT2D eigenvalue weighted by Gasteiger charge is -2.24. The summed E-state index contributed by atoms with van der Waals surface area (Å²) in [6.45, 7) is 5.14. The van der Waals surface area contributed by atoms with Crippen molar-refractivity contribution < 1.29 is 5.11 Å². The average Bonchev–Trinajstić information content (AvgIpc) is 3.02. The van der Waals surface area contributed by atoms with Crippen LogP contribution in [0.25, 0.3) is 17.0 Å². The quantitative estimate of drug-likeness (QED) is 0.732. The fourth-order valence-corrected chi connectivity index (χ4v) is 2.42. The van der Waals surface area contributed by atoms with Crippen LogP contribution in [0.3, 0.4) is 0 Å². The fraction of sp³-hybridized carbons (Fsp3) is 0.353. The zero-order valence-corrected chi connectivity index (χ0v) is 13.4. The molecule has 3 rings (SSSR count). The average molecular weight is 311 g/mol. The van der Waals surface area contributed by atoms with Gasteiger partial charge < -0.3 is 10.4 Å². The van der Waals surface area contributed by atoms with Gasteiger partial charge in [0.25, 0.3) is 5.78 Å². The van der Waals surface area contributed by atoms with E-state index < -0.39 is 0 Å². The Bertz CT molecular complexity index is 782. The summed E-state index contributed by atoms with van der Waals surface area (Å²) in [5.74, 6) is 1.41. The van der Waals surface area contributed by atoms with Gasteiger partial charge in [0, 0.05) is 24.8 Å². The van der Waals surface area contributed by atoms with Crippen LogP contribution in [-0.4, -0.2) is 37.8 Å². The topological polar surface area (TPSA) is 75.3 Å². The lowest BCUT2D eigenvalue weighted by molar-refractivity contribution is 0.220. The van der Waals surface area contributed by atoms with Crippen LogP contribution >= 0.6 is 0 Å². The molecule has 0 aliphatic rings. The van der Waals surface area contributed by atoms with Crippen LogP contribution in [0.5, 0.6) is 0 Å². The fourth-order valence-electron chi connectivity index (χ4n) is 2.42. The lowest BCUT2D eigenvalue weighted by Crippen LogP contribution is -2.25. The number of aliphatic hydroxyl groups is 1. The highest BCUT2D eigenvalue weighted by Gasteiger charge is 2.18. The van der Waals surface area contributed by atoms with Crippen molar-refractivity contribution in [3.8, 4) is 11.3 Å². The molecule has 3 aromatic rings. The molecule has 1 aromatic carbocycles. The first-order valence-corrected chi connectivity index (χ1v) is 7.70. The summed E-state index contributed by atoms with van der Waals surface area (Å²) >= 11 is 0. The molecule has 6 nitrogen and oxygen atoms in total. The predicted octanol–water partition coefficient (Wildman–Crippen LogP) is 2.61. The minimum atomic E-state index is -0.0160. The van der Waals surface area contributed by atoms with Gasteiger partial charge >= 0.3 is 0 Å². The number of anilines is 1. The van der Waals surface area contributed by atoms with Gasteiger partial charge in [0.05, 0.1) is 5.69 Å². The highest BCUT2D eigenvalue weighted by atomic mass is 16.3. The molecule has 0 saturated carbocycles. The molecule has 0 amide bonds. The van der Waals surface area contributed by atoms with Crippen molar-refractivity contribution in [2.24, 2.45) is 5.41 Å². The molecule has 0 saturated heterocycles.